The van der Waals surface area contributed by atoms with Gasteiger partial charge in [0, 0.05) is 11.6 Å². The summed E-state index contributed by atoms with van der Waals surface area (Å²) >= 11 is 9.78. The molecule has 4 heteroatoms. The molecule has 18 heavy (non-hydrogen) atoms. The maximum absolute atomic E-state index is 13.5. The molecule has 100 valence electrons. The van der Waals surface area contributed by atoms with E-state index in [-0.39, 0.29) is 11.2 Å². The third kappa shape index (κ3) is 3.00. The van der Waals surface area contributed by atoms with Gasteiger partial charge in [-0.05, 0) is 40.8 Å². The van der Waals surface area contributed by atoms with E-state index in [1.165, 1.54) is 25.3 Å². The summed E-state index contributed by atoms with van der Waals surface area (Å²) < 4.78 is 19.2. The number of ether oxygens (including phenoxy) is 1. The Labute approximate surface area is 121 Å². The minimum Gasteiger partial charge on any atom is -0.496 e. The van der Waals surface area contributed by atoms with Crippen molar-refractivity contribution in [2.24, 2.45) is 5.92 Å². The van der Waals surface area contributed by atoms with E-state index in [4.69, 9.17) is 16.3 Å². The van der Waals surface area contributed by atoms with Crippen LogP contribution in [0.1, 0.15) is 43.0 Å². The van der Waals surface area contributed by atoms with Crippen molar-refractivity contribution in [3.05, 3.63) is 28.0 Å². The Hall–Kier alpha value is -0.280. The second-order valence-electron chi connectivity index (χ2n) is 4.81. The number of hydrogen-bond acceptors (Lipinski definition) is 1. The molecule has 0 N–H and O–H groups in total. The number of halogens is 3. The highest BCUT2D eigenvalue weighted by Crippen LogP contribution is 2.43. The van der Waals surface area contributed by atoms with Crippen molar-refractivity contribution in [2.45, 2.75) is 37.5 Å². The normalized spacial score (nSPS) is 18.7. The van der Waals surface area contributed by atoms with Crippen LogP contribution in [0.4, 0.5) is 4.39 Å². The van der Waals surface area contributed by atoms with Gasteiger partial charge in [0.05, 0.1) is 17.0 Å². The quantitative estimate of drug-likeness (QED) is 0.667. The molecule has 0 radical (unpaired) electrons. The maximum atomic E-state index is 13.5. The summed E-state index contributed by atoms with van der Waals surface area (Å²) in [6, 6.07) is 3.15. The molecule has 1 aromatic carbocycles. The molecule has 1 aliphatic carbocycles. The zero-order valence-electron chi connectivity index (χ0n) is 10.4. The zero-order chi connectivity index (χ0) is 13.1. The first-order valence-electron chi connectivity index (χ1n) is 6.30. The van der Waals surface area contributed by atoms with Crippen LogP contribution in [0.25, 0.3) is 0 Å². The van der Waals surface area contributed by atoms with Gasteiger partial charge in [-0.3, -0.25) is 0 Å². The second kappa shape index (κ2) is 6.25. The fourth-order valence-corrected chi connectivity index (χ4v) is 3.40. The van der Waals surface area contributed by atoms with Gasteiger partial charge >= 0.3 is 0 Å². The molecular formula is C14H17BrClFO. The SMILES string of the molecule is COc1cc(F)c(Br)cc1C(Cl)C1CCCCC1. The van der Waals surface area contributed by atoms with Crippen LogP contribution in [0.3, 0.4) is 0 Å². The van der Waals surface area contributed by atoms with Gasteiger partial charge in [0.15, 0.2) is 0 Å². The highest BCUT2D eigenvalue weighted by Gasteiger charge is 2.26. The van der Waals surface area contributed by atoms with E-state index >= 15 is 0 Å². The Kier molecular flexibility index (Phi) is 4.91. The summed E-state index contributed by atoms with van der Waals surface area (Å²) in [7, 11) is 1.55. The Morgan fingerprint density at radius 2 is 2.00 bits per heavy atom. The van der Waals surface area contributed by atoms with Crippen LogP contribution in [0.15, 0.2) is 16.6 Å². The largest absolute Gasteiger partial charge is 0.496 e. The number of benzene rings is 1. The Bertz CT molecular complexity index is 419. The molecule has 2 rings (SSSR count). The fraction of sp³-hybridized carbons (Fsp3) is 0.571. The lowest BCUT2D eigenvalue weighted by Gasteiger charge is -2.27. The lowest BCUT2D eigenvalue weighted by Crippen LogP contribution is -2.13. The fourth-order valence-electron chi connectivity index (χ4n) is 2.62. The molecule has 1 saturated carbocycles. The van der Waals surface area contributed by atoms with E-state index in [9.17, 15) is 4.39 Å². The summed E-state index contributed by atoms with van der Waals surface area (Å²) in [6.45, 7) is 0. The van der Waals surface area contributed by atoms with E-state index in [2.05, 4.69) is 15.9 Å². The predicted octanol–water partition coefficient (Wildman–Crippen LogP) is 5.46. The number of hydrogen-bond donors (Lipinski definition) is 0. The Morgan fingerprint density at radius 1 is 1.33 bits per heavy atom. The third-order valence-electron chi connectivity index (χ3n) is 3.63. The molecule has 0 saturated heterocycles. The van der Waals surface area contributed by atoms with E-state index in [0.717, 1.165) is 18.4 Å². The summed E-state index contributed by atoms with van der Waals surface area (Å²) in [4.78, 5) is 0. The summed E-state index contributed by atoms with van der Waals surface area (Å²) in [5.41, 5.74) is 0.888. The smallest absolute Gasteiger partial charge is 0.141 e. The van der Waals surface area contributed by atoms with E-state index in [1.54, 1.807) is 13.2 Å². The van der Waals surface area contributed by atoms with Gasteiger partial charge in [0.25, 0.3) is 0 Å². The van der Waals surface area contributed by atoms with Gasteiger partial charge in [-0.1, -0.05) is 19.3 Å². The van der Waals surface area contributed by atoms with E-state index in [1.807, 2.05) is 0 Å². The van der Waals surface area contributed by atoms with E-state index in [0.29, 0.717) is 16.1 Å². The molecule has 1 aliphatic rings. The first-order valence-corrected chi connectivity index (χ1v) is 7.53. The van der Waals surface area contributed by atoms with Gasteiger partial charge in [-0.25, -0.2) is 4.39 Å². The van der Waals surface area contributed by atoms with Crippen molar-refractivity contribution >= 4 is 27.5 Å². The molecule has 0 bridgehead atoms. The molecule has 1 unspecified atom stereocenters. The van der Waals surface area contributed by atoms with Crippen molar-refractivity contribution in [1.82, 2.24) is 0 Å². The van der Waals surface area contributed by atoms with Gasteiger partial charge in [0.1, 0.15) is 11.6 Å². The van der Waals surface area contributed by atoms with Gasteiger partial charge < -0.3 is 4.74 Å². The van der Waals surface area contributed by atoms with Crippen LogP contribution < -0.4 is 4.74 Å². The number of alkyl halides is 1. The average Bonchev–Trinajstić information content (AvgIpc) is 2.41. The van der Waals surface area contributed by atoms with Gasteiger partial charge in [-0.2, -0.15) is 0 Å². The maximum Gasteiger partial charge on any atom is 0.141 e. The number of rotatable bonds is 3. The molecule has 1 aromatic rings. The molecule has 1 atom stereocenters. The Balaban J connectivity index is 2.27. The molecule has 1 nitrogen and oxygen atoms in total. The van der Waals surface area contributed by atoms with Crippen LogP contribution in [-0.4, -0.2) is 7.11 Å². The average molecular weight is 336 g/mol. The van der Waals surface area contributed by atoms with Crippen molar-refractivity contribution in [1.29, 1.82) is 0 Å². The van der Waals surface area contributed by atoms with Crippen LogP contribution in [-0.2, 0) is 0 Å². The Morgan fingerprint density at radius 3 is 2.61 bits per heavy atom. The molecular weight excluding hydrogens is 319 g/mol. The van der Waals surface area contributed by atoms with Crippen LogP contribution in [0.2, 0.25) is 0 Å². The number of methoxy groups -OCH3 is 1. The molecule has 0 spiro atoms. The minimum absolute atomic E-state index is 0.0999. The van der Waals surface area contributed by atoms with Gasteiger partial charge in [-0.15, -0.1) is 11.6 Å². The lowest BCUT2D eigenvalue weighted by molar-refractivity contribution is 0.339. The van der Waals surface area contributed by atoms with Crippen LogP contribution >= 0.6 is 27.5 Å². The third-order valence-corrected chi connectivity index (χ3v) is 4.83. The lowest BCUT2D eigenvalue weighted by atomic mass is 9.84. The van der Waals surface area contributed by atoms with Crippen molar-refractivity contribution in [3.8, 4) is 5.75 Å². The highest BCUT2D eigenvalue weighted by molar-refractivity contribution is 9.10. The van der Waals surface area contributed by atoms with E-state index < -0.39 is 0 Å². The van der Waals surface area contributed by atoms with Crippen molar-refractivity contribution in [2.75, 3.05) is 7.11 Å². The standard InChI is InChI=1S/C14H17BrClFO/c1-18-13-8-12(17)11(15)7-10(13)14(16)9-5-3-2-4-6-9/h7-9,14H,2-6H2,1H3. The molecule has 0 heterocycles. The first-order chi connectivity index (χ1) is 8.63. The minimum atomic E-state index is -0.317. The summed E-state index contributed by atoms with van der Waals surface area (Å²) in [5.74, 6) is 0.691. The molecule has 0 aromatic heterocycles. The summed E-state index contributed by atoms with van der Waals surface area (Å²) in [5, 5.41) is -0.0999. The molecule has 0 aliphatic heterocycles. The highest BCUT2D eigenvalue weighted by atomic mass is 79.9. The monoisotopic (exact) mass is 334 g/mol. The van der Waals surface area contributed by atoms with Crippen LogP contribution in [0.5, 0.6) is 5.75 Å². The predicted molar refractivity (Wildman–Crippen MR) is 75.8 cm³/mol. The zero-order valence-corrected chi connectivity index (χ0v) is 12.7. The van der Waals surface area contributed by atoms with Crippen LogP contribution in [0, 0.1) is 11.7 Å². The molecule has 0 amide bonds. The first kappa shape index (κ1) is 14.1. The van der Waals surface area contributed by atoms with Gasteiger partial charge in [0.2, 0.25) is 0 Å². The van der Waals surface area contributed by atoms with Crippen molar-refractivity contribution < 1.29 is 9.13 Å². The topological polar surface area (TPSA) is 9.23 Å². The second-order valence-corrected chi connectivity index (χ2v) is 6.13. The molecule has 1 fully saturated rings. The summed E-state index contributed by atoms with van der Waals surface area (Å²) in [6.07, 6.45) is 6.06. The van der Waals surface area contributed by atoms with Crippen molar-refractivity contribution in [3.63, 3.8) is 0 Å².